The number of amides is 1. The molecule has 0 unspecified atom stereocenters. The number of nitrogens with zero attached hydrogens (tertiary/aromatic N) is 3. The van der Waals surface area contributed by atoms with Gasteiger partial charge in [-0.1, -0.05) is 5.92 Å². The summed E-state index contributed by atoms with van der Waals surface area (Å²) in [4.78, 5) is 45.4. The van der Waals surface area contributed by atoms with Crippen LogP contribution in [0.3, 0.4) is 0 Å². The fourth-order valence-electron chi connectivity index (χ4n) is 5.51. The molecule has 1 amide bonds. The number of rotatable bonds is 2. The van der Waals surface area contributed by atoms with E-state index in [-0.39, 0.29) is 28.7 Å². The molecule has 1 aliphatic heterocycles. The number of Topliss-reactive ketones (excluding diaryl/α,β-unsaturated/α-hetero) is 2. The minimum absolute atomic E-state index is 0.0342. The first-order chi connectivity index (χ1) is 16.3. The van der Waals surface area contributed by atoms with Gasteiger partial charge in [-0.3, -0.25) is 14.4 Å². The zero-order chi connectivity index (χ0) is 24.5. The number of likely N-dealkylation sites (tertiary alicyclic amines) is 1. The number of hydrogen-bond donors (Lipinski definition) is 0. The van der Waals surface area contributed by atoms with Gasteiger partial charge < -0.3 is 4.90 Å². The van der Waals surface area contributed by atoms with Crippen LogP contribution in [0.2, 0.25) is 0 Å². The molecule has 6 heteroatoms. The van der Waals surface area contributed by atoms with Crippen molar-refractivity contribution in [1.29, 1.82) is 5.26 Å². The maximum absolute atomic E-state index is 13.3. The Bertz CT molecular complexity index is 1240. The first kappa shape index (κ1) is 23.4. The van der Waals surface area contributed by atoms with Crippen molar-refractivity contribution in [3.63, 3.8) is 0 Å². The van der Waals surface area contributed by atoms with Gasteiger partial charge in [0, 0.05) is 37.7 Å². The average Bonchev–Trinajstić information content (AvgIpc) is 2.80. The zero-order valence-corrected chi connectivity index (χ0v) is 19.8. The molecule has 6 nitrogen and oxygen atoms in total. The standard InChI is InChI=1S/C28H27N3O3/c1-4-6-20-13-18(2)24(19(3)14-20)25-22(32)15-28(16-23(25)33)8-11-31(12-9-28)27(34)26-21(17-29)7-5-10-30-26/h5,7,10,13-14,25H,8-9,11-12,15-16H2,1-3H3. The van der Waals surface area contributed by atoms with E-state index in [0.717, 1.165) is 22.3 Å². The lowest BCUT2D eigenvalue weighted by Gasteiger charge is -2.44. The van der Waals surface area contributed by atoms with E-state index >= 15 is 0 Å². The van der Waals surface area contributed by atoms with Crippen LogP contribution < -0.4 is 0 Å². The van der Waals surface area contributed by atoms with Gasteiger partial charge in [0.1, 0.15) is 29.2 Å². The van der Waals surface area contributed by atoms with E-state index in [1.165, 1.54) is 6.20 Å². The van der Waals surface area contributed by atoms with E-state index in [9.17, 15) is 19.6 Å². The number of hydrogen-bond acceptors (Lipinski definition) is 5. The minimum atomic E-state index is -0.722. The summed E-state index contributed by atoms with van der Waals surface area (Å²) in [6.45, 7) is 6.53. The molecule has 4 rings (SSSR count). The molecule has 2 aromatic rings. The summed E-state index contributed by atoms with van der Waals surface area (Å²) >= 11 is 0. The van der Waals surface area contributed by atoms with Crippen LogP contribution in [0.1, 0.15) is 76.8 Å². The van der Waals surface area contributed by atoms with Gasteiger partial charge in [-0.2, -0.15) is 5.26 Å². The highest BCUT2D eigenvalue weighted by molar-refractivity contribution is 6.10. The molecule has 1 aliphatic carbocycles. The van der Waals surface area contributed by atoms with Gasteiger partial charge in [-0.15, -0.1) is 5.92 Å². The van der Waals surface area contributed by atoms with Crippen LogP contribution in [0, 0.1) is 42.4 Å². The summed E-state index contributed by atoms with van der Waals surface area (Å²) < 4.78 is 0. The number of carbonyl (C=O) groups is 3. The van der Waals surface area contributed by atoms with Crippen LogP contribution >= 0.6 is 0 Å². The number of ketones is 2. The van der Waals surface area contributed by atoms with Crippen molar-refractivity contribution >= 4 is 17.5 Å². The maximum Gasteiger partial charge on any atom is 0.273 e. The molecule has 172 valence electrons. The van der Waals surface area contributed by atoms with E-state index in [0.29, 0.717) is 38.8 Å². The van der Waals surface area contributed by atoms with E-state index in [1.807, 2.05) is 32.0 Å². The molecule has 2 aliphatic rings. The Morgan fingerprint density at radius 1 is 1.12 bits per heavy atom. The lowest BCUT2D eigenvalue weighted by Crippen LogP contribution is -2.48. The molecule has 1 saturated carbocycles. The van der Waals surface area contributed by atoms with E-state index in [4.69, 9.17) is 0 Å². The third-order valence-electron chi connectivity index (χ3n) is 7.14. The lowest BCUT2D eigenvalue weighted by molar-refractivity contribution is -0.138. The van der Waals surface area contributed by atoms with E-state index < -0.39 is 11.3 Å². The molecule has 34 heavy (non-hydrogen) atoms. The van der Waals surface area contributed by atoms with Gasteiger partial charge in [-0.25, -0.2) is 4.98 Å². The van der Waals surface area contributed by atoms with Gasteiger partial charge in [0.25, 0.3) is 5.91 Å². The summed E-state index contributed by atoms with van der Waals surface area (Å²) in [5, 5.41) is 9.28. The molecular formula is C28H27N3O3. The van der Waals surface area contributed by atoms with Crippen molar-refractivity contribution in [1.82, 2.24) is 9.88 Å². The number of aromatic nitrogens is 1. The van der Waals surface area contributed by atoms with Crippen LogP contribution in [-0.2, 0) is 9.59 Å². The molecule has 0 bridgehead atoms. The molecule has 0 atom stereocenters. The summed E-state index contributed by atoms with van der Waals surface area (Å²) in [5.74, 6) is 4.87. The minimum Gasteiger partial charge on any atom is -0.337 e. The van der Waals surface area contributed by atoms with Crippen LogP contribution in [0.15, 0.2) is 30.5 Å². The number of benzene rings is 1. The van der Waals surface area contributed by atoms with E-state index in [2.05, 4.69) is 16.8 Å². The predicted octanol–water partition coefficient (Wildman–Crippen LogP) is 3.88. The highest BCUT2D eigenvalue weighted by Gasteiger charge is 2.48. The van der Waals surface area contributed by atoms with Gasteiger partial charge in [-0.05, 0) is 80.0 Å². The third kappa shape index (κ3) is 4.24. The molecule has 2 heterocycles. The molecule has 0 N–H and O–H groups in total. The van der Waals surface area contributed by atoms with Gasteiger partial charge in [0.15, 0.2) is 0 Å². The molecule has 1 saturated heterocycles. The summed E-state index contributed by atoms with van der Waals surface area (Å²) in [6, 6.07) is 9.12. The molecule has 2 fully saturated rings. The van der Waals surface area contributed by atoms with Gasteiger partial charge in [0.2, 0.25) is 0 Å². The molecule has 0 radical (unpaired) electrons. The average molecular weight is 454 g/mol. The SMILES string of the molecule is CC#Cc1cc(C)c(C2C(=O)CC3(CCN(C(=O)c4ncccc4C#N)CC3)CC2=O)c(C)c1. The monoisotopic (exact) mass is 453 g/mol. The van der Waals surface area contributed by atoms with E-state index in [1.54, 1.807) is 24.0 Å². The smallest absolute Gasteiger partial charge is 0.273 e. The summed E-state index contributed by atoms with van der Waals surface area (Å²) in [6.07, 6.45) is 3.35. The summed E-state index contributed by atoms with van der Waals surface area (Å²) in [7, 11) is 0. The van der Waals surface area contributed by atoms with Crippen molar-refractivity contribution in [3.05, 3.63) is 64.0 Å². The molecule has 1 aromatic carbocycles. The second-order valence-corrected chi connectivity index (χ2v) is 9.42. The zero-order valence-electron chi connectivity index (χ0n) is 19.8. The number of aryl methyl sites for hydroxylation is 2. The molecule has 1 aromatic heterocycles. The van der Waals surface area contributed by atoms with Gasteiger partial charge in [0.05, 0.1) is 5.56 Å². The van der Waals surface area contributed by atoms with Crippen LogP contribution in [0.5, 0.6) is 0 Å². The van der Waals surface area contributed by atoms with Crippen LogP contribution in [0.25, 0.3) is 0 Å². The van der Waals surface area contributed by atoms with Crippen molar-refractivity contribution in [3.8, 4) is 17.9 Å². The Hall–Kier alpha value is -3.77. The summed E-state index contributed by atoms with van der Waals surface area (Å²) in [5.41, 5.74) is 3.54. The first-order valence-corrected chi connectivity index (χ1v) is 11.5. The number of piperidine rings is 1. The van der Waals surface area contributed by atoms with Gasteiger partial charge >= 0.3 is 0 Å². The second kappa shape index (κ2) is 9.23. The third-order valence-corrected chi connectivity index (χ3v) is 7.14. The van der Waals surface area contributed by atoms with Crippen LogP contribution in [0.4, 0.5) is 0 Å². The molecule has 1 spiro atoms. The fraction of sp³-hybridized carbons (Fsp3) is 0.393. The quantitative estimate of drug-likeness (QED) is 0.508. The maximum atomic E-state index is 13.3. The van der Waals surface area contributed by atoms with Crippen LogP contribution in [-0.4, -0.2) is 40.4 Å². The lowest BCUT2D eigenvalue weighted by atomic mass is 9.62. The molecular weight excluding hydrogens is 426 g/mol. The number of carbonyl (C=O) groups excluding carboxylic acids is 3. The normalized spacial score (nSPS) is 17.8. The number of pyridine rings is 1. The highest BCUT2D eigenvalue weighted by atomic mass is 16.2. The van der Waals surface area contributed by atoms with Crippen molar-refractivity contribution in [2.24, 2.45) is 5.41 Å². The fourth-order valence-corrected chi connectivity index (χ4v) is 5.51. The Labute approximate surface area is 200 Å². The van der Waals surface area contributed by atoms with Crippen molar-refractivity contribution in [2.75, 3.05) is 13.1 Å². The highest BCUT2D eigenvalue weighted by Crippen LogP contribution is 2.46. The topological polar surface area (TPSA) is 91.1 Å². The second-order valence-electron chi connectivity index (χ2n) is 9.42. The predicted molar refractivity (Wildman–Crippen MR) is 127 cm³/mol. The Morgan fingerprint density at radius 2 is 1.74 bits per heavy atom. The number of nitriles is 1. The Morgan fingerprint density at radius 3 is 2.29 bits per heavy atom. The Balaban J connectivity index is 1.50. The van der Waals surface area contributed by atoms with Crippen molar-refractivity contribution < 1.29 is 14.4 Å². The Kier molecular flexibility index (Phi) is 6.35. The van der Waals surface area contributed by atoms with Crippen molar-refractivity contribution in [2.45, 2.75) is 52.4 Å². The largest absolute Gasteiger partial charge is 0.337 e. The first-order valence-electron chi connectivity index (χ1n) is 11.5.